The van der Waals surface area contributed by atoms with Crippen molar-refractivity contribution in [2.75, 3.05) is 13.2 Å². The fourth-order valence-corrected chi connectivity index (χ4v) is 3.20. The van der Waals surface area contributed by atoms with Gasteiger partial charge in [0.05, 0.1) is 18.8 Å². The maximum atomic E-state index is 12.4. The van der Waals surface area contributed by atoms with E-state index in [1.807, 2.05) is 13.8 Å². The molecule has 0 spiro atoms. The minimum absolute atomic E-state index is 0.0786. The summed E-state index contributed by atoms with van der Waals surface area (Å²) in [5.74, 6) is -0.386. The number of hydrogen-bond acceptors (Lipinski definition) is 6. The second-order valence-electron chi connectivity index (χ2n) is 7.29. The van der Waals surface area contributed by atoms with Crippen LogP contribution in [0, 0.1) is 0 Å². The quantitative estimate of drug-likeness (QED) is 0.592. The molecule has 0 unspecified atom stereocenters. The lowest BCUT2D eigenvalue weighted by Gasteiger charge is -2.23. The summed E-state index contributed by atoms with van der Waals surface area (Å²) in [6, 6.07) is 4.23. The molecule has 0 aliphatic heterocycles. The molecule has 0 saturated heterocycles. The van der Waals surface area contributed by atoms with Crippen LogP contribution in [0.15, 0.2) is 18.2 Å². The number of amides is 3. The van der Waals surface area contributed by atoms with E-state index in [2.05, 4.69) is 10.6 Å². The molecule has 1 saturated carbocycles. The highest BCUT2D eigenvalue weighted by Crippen LogP contribution is 2.29. The van der Waals surface area contributed by atoms with Gasteiger partial charge in [-0.1, -0.05) is 26.2 Å². The first kappa shape index (κ1) is 23.5. The maximum Gasteiger partial charge on any atom is 0.339 e. The van der Waals surface area contributed by atoms with E-state index in [9.17, 15) is 14.4 Å². The number of benzene rings is 1. The molecular formula is C22H32N2O6. The Morgan fingerprint density at radius 1 is 1.07 bits per heavy atom. The Morgan fingerprint density at radius 3 is 2.47 bits per heavy atom. The molecule has 2 N–H and O–H groups in total. The van der Waals surface area contributed by atoms with Crippen molar-refractivity contribution in [3.05, 3.63) is 23.8 Å². The van der Waals surface area contributed by atoms with Crippen LogP contribution < -0.4 is 20.1 Å². The van der Waals surface area contributed by atoms with Crippen molar-refractivity contribution < 1.29 is 28.6 Å². The molecule has 3 amide bonds. The van der Waals surface area contributed by atoms with E-state index in [0.29, 0.717) is 24.7 Å². The third-order valence-corrected chi connectivity index (χ3v) is 4.77. The molecule has 0 heterocycles. The number of carbonyl (C=O) groups excluding carboxylic acids is 3. The van der Waals surface area contributed by atoms with Crippen LogP contribution in [0.5, 0.6) is 11.5 Å². The van der Waals surface area contributed by atoms with Gasteiger partial charge in [-0.2, -0.15) is 0 Å². The number of carbonyl (C=O) groups is 3. The Hall–Kier alpha value is -2.77. The van der Waals surface area contributed by atoms with E-state index >= 15 is 0 Å². The average Bonchev–Trinajstić information content (AvgIpc) is 2.73. The summed E-state index contributed by atoms with van der Waals surface area (Å²) in [5.41, 5.74) is 0.230. The first-order valence-electron chi connectivity index (χ1n) is 10.7. The smallest absolute Gasteiger partial charge is 0.339 e. The van der Waals surface area contributed by atoms with Crippen molar-refractivity contribution in [1.82, 2.24) is 10.6 Å². The summed E-state index contributed by atoms with van der Waals surface area (Å²) in [6.07, 6.45) is 4.84. The first-order valence-corrected chi connectivity index (χ1v) is 10.7. The van der Waals surface area contributed by atoms with Crippen LogP contribution in [0.3, 0.4) is 0 Å². The molecule has 0 aromatic heterocycles. The Bertz CT molecular complexity index is 730. The molecule has 1 aromatic carbocycles. The van der Waals surface area contributed by atoms with Crippen molar-refractivity contribution in [2.45, 2.75) is 71.4 Å². The molecule has 30 heavy (non-hydrogen) atoms. The van der Waals surface area contributed by atoms with Gasteiger partial charge in [0.1, 0.15) is 0 Å². The summed E-state index contributed by atoms with van der Waals surface area (Å²) < 4.78 is 16.4. The van der Waals surface area contributed by atoms with Gasteiger partial charge >= 0.3 is 12.0 Å². The van der Waals surface area contributed by atoms with Gasteiger partial charge in [0.15, 0.2) is 17.6 Å². The third kappa shape index (κ3) is 7.24. The molecular weight excluding hydrogens is 388 g/mol. The monoisotopic (exact) mass is 420 g/mol. The third-order valence-electron chi connectivity index (χ3n) is 4.77. The van der Waals surface area contributed by atoms with Crippen LogP contribution in [0.1, 0.15) is 69.7 Å². The Balaban J connectivity index is 1.91. The Labute approximate surface area is 177 Å². The van der Waals surface area contributed by atoms with E-state index in [4.69, 9.17) is 14.2 Å². The second-order valence-corrected chi connectivity index (χ2v) is 7.29. The van der Waals surface area contributed by atoms with Gasteiger partial charge in [-0.3, -0.25) is 10.1 Å². The lowest BCUT2D eigenvalue weighted by Crippen LogP contribution is -2.48. The van der Waals surface area contributed by atoms with Crippen molar-refractivity contribution in [2.24, 2.45) is 0 Å². The Kier molecular flexibility index (Phi) is 9.44. The highest BCUT2D eigenvalue weighted by atomic mass is 16.5. The van der Waals surface area contributed by atoms with Crippen LogP contribution in [0.25, 0.3) is 0 Å². The summed E-state index contributed by atoms with van der Waals surface area (Å²) in [4.78, 5) is 36.7. The number of rotatable bonds is 9. The largest absolute Gasteiger partial charge is 0.490 e. The first-order chi connectivity index (χ1) is 14.4. The maximum absolute atomic E-state index is 12.4. The van der Waals surface area contributed by atoms with Gasteiger partial charge in [0.25, 0.3) is 5.91 Å². The zero-order valence-corrected chi connectivity index (χ0v) is 18.0. The molecule has 2 rings (SSSR count). The molecule has 1 fully saturated rings. The molecule has 1 atom stereocenters. The number of imide groups is 1. The minimum Gasteiger partial charge on any atom is -0.490 e. The van der Waals surface area contributed by atoms with Gasteiger partial charge in [-0.05, 0) is 51.3 Å². The average molecular weight is 421 g/mol. The van der Waals surface area contributed by atoms with Gasteiger partial charge in [0.2, 0.25) is 0 Å². The van der Waals surface area contributed by atoms with E-state index < -0.39 is 24.0 Å². The molecule has 1 aliphatic rings. The number of hydrogen-bond donors (Lipinski definition) is 2. The fraction of sp³-hybridized carbons (Fsp3) is 0.591. The number of nitrogens with one attached hydrogen (secondary N) is 2. The fourth-order valence-electron chi connectivity index (χ4n) is 3.20. The van der Waals surface area contributed by atoms with Crippen molar-refractivity contribution in [3.8, 4) is 11.5 Å². The zero-order valence-electron chi connectivity index (χ0n) is 18.0. The molecule has 166 valence electrons. The zero-order chi connectivity index (χ0) is 21.9. The predicted molar refractivity (Wildman–Crippen MR) is 112 cm³/mol. The van der Waals surface area contributed by atoms with Crippen LogP contribution in [0.4, 0.5) is 4.79 Å². The molecule has 8 nitrogen and oxygen atoms in total. The van der Waals surface area contributed by atoms with Crippen molar-refractivity contribution in [3.63, 3.8) is 0 Å². The predicted octanol–water partition coefficient (Wildman–Crippen LogP) is 3.58. The van der Waals surface area contributed by atoms with Crippen LogP contribution in [-0.4, -0.2) is 43.3 Å². The Morgan fingerprint density at radius 2 is 1.80 bits per heavy atom. The van der Waals surface area contributed by atoms with E-state index in [-0.39, 0.29) is 11.6 Å². The summed E-state index contributed by atoms with van der Waals surface area (Å²) in [7, 11) is 0. The van der Waals surface area contributed by atoms with Gasteiger partial charge in [0, 0.05) is 6.04 Å². The minimum atomic E-state index is -1.12. The van der Waals surface area contributed by atoms with Crippen molar-refractivity contribution in [1.29, 1.82) is 0 Å². The lowest BCUT2D eigenvalue weighted by molar-refractivity contribution is -0.127. The van der Waals surface area contributed by atoms with E-state index in [1.54, 1.807) is 12.1 Å². The standard InChI is InChI=1S/C22H32N2O6/c1-4-13-29-18-12-11-16(14-19(18)28-5-2)21(26)30-15(3)20(25)24-22(27)23-17-9-7-6-8-10-17/h11-12,14-15,17H,4-10,13H2,1-3H3,(H2,23,24,25,27)/t15-/m0/s1. The summed E-state index contributed by atoms with van der Waals surface area (Å²) in [6.45, 7) is 6.19. The SMILES string of the molecule is CCCOc1ccc(C(=O)O[C@@H](C)C(=O)NC(=O)NC2CCCCC2)cc1OCC. The molecule has 0 radical (unpaired) electrons. The highest BCUT2D eigenvalue weighted by molar-refractivity contribution is 5.98. The normalized spacial score (nSPS) is 15.0. The topological polar surface area (TPSA) is 103 Å². The van der Waals surface area contributed by atoms with Crippen molar-refractivity contribution >= 4 is 17.9 Å². The highest BCUT2D eigenvalue weighted by Gasteiger charge is 2.23. The second kappa shape index (κ2) is 12.0. The van der Waals surface area contributed by atoms with Crippen LogP contribution in [-0.2, 0) is 9.53 Å². The molecule has 1 aromatic rings. The number of ether oxygens (including phenoxy) is 3. The lowest BCUT2D eigenvalue weighted by atomic mass is 9.96. The van der Waals surface area contributed by atoms with Gasteiger partial charge in [-0.15, -0.1) is 0 Å². The van der Waals surface area contributed by atoms with Crippen LogP contribution in [0.2, 0.25) is 0 Å². The van der Waals surface area contributed by atoms with Crippen LogP contribution >= 0.6 is 0 Å². The summed E-state index contributed by atoms with van der Waals surface area (Å²) in [5, 5.41) is 5.03. The van der Waals surface area contributed by atoms with Gasteiger partial charge in [-0.25, -0.2) is 9.59 Å². The molecule has 8 heteroatoms. The van der Waals surface area contributed by atoms with E-state index in [1.165, 1.54) is 19.4 Å². The number of urea groups is 1. The number of esters is 1. The van der Waals surface area contributed by atoms with E-state index in [0.717, 1.165) is 32.1 Å². The molecule has 0 bridgehead atoms. The van der Waals surface area contributed by atoms with Gasteiger partial charge < -0.3 is 19.5 Å². The molecule has 1 aliphatic carbocycles. The summed E-state index contributed by atoms with van der Waals surface area (Å²) >= 11 is 0.